The number of rotatable bonds is 7. The average molecular weight is 387 g/mol. The molecule has 6 nitrogen and oxygen atoms in total. The van der Waals surface area contributed by atoms with Gasteiger partial charge < -0.3 is 14.7 Å². The number of piperazine rings is 1. The van der Waals surface area contributed by atoms with E-state index in [1.54, 1.807) is 0 Å². The van der Waals surface area contributed by atoms with Crippen LogP contribution in [0, 0.1) is 16.7 Å². The molecule has 6 heteroatoms. The van der Waals surface area contributed by atoms with Gasteiger partial charge in [0, 0.05) is 39.3 Å². The third-order valence-electron chi connectivity index (χ3n) is 6.07. The molecule has 1 aromatic carbocycles. The van der Waals surface area contributed by atoms with Gasteiger partial charge in [-0.05, 0) is 57.6 Å². The summed E-state index contributed by atoms with van der Waals surface area (Å²) in [4.78, 5) is 7.02. The van der Waals surface area contributed by atoms with Gasteiger partial charge in [0.2, 0.25) is 0 Å². The third-order valence-corrected chi connectivity index (χ3v) is 6.07. The highest BCUT2D eigenvalue weighted by Crippen LogP contribution is 2.30. The summed E-state index contributed by atoms with van der Waals surface area (Å²) in [6.07, 6.45) is 1.41. The zero-order valence-electron chi connectivity index (χ0n) is 17.3. The van der Waals surface area contributed by atoms with Gasteiger partial charge in [0.15, 0.2) is 0 Å². The molecule has 1 N–H and O–H groups in total. The first-order valence-corrected chi connectivity index (χ1v) is 10.4. The standard InChI is InChI=1S/C22H34N4O2/c1-22(18-23)7-9-25(10-8-22)15-19-3-5-21(6-4-19)28-17-20(27)16-26-13-11-24(2)12-14-26/h3-6,20,27H,7-17H2,1-2H3/t20-/m0/s1. The predicted molar refractivity (Wildman–Crippen MR) is 110 cm³/mol. The molecule has 0 radical (unpaired) electrons. The molecular weight excluding hydrogens is 352 g/mol. The molecule has 2 aliphatic heterocycles. The molecule has 154 valence electrons. The Labute approximate surface area is 169 Å². The van der Waals surface area contributed by atoms with Crippen molar-refractivity contribution < 1.29 is 9.84 Å². The molecule has 0 aliphatic carbocycles. The molecule has 2 heterocycles. The Morgan fingerprint density at radius 2 is 1.71 bits per heavy atom. The third kappa shape index (κ3) is 6.18. The summed E-state index contributed by atoms with van der Waals surface area (Å²) in [7, 11) is 2.13. The van der Waals surface area contributed by atoms with E-state index in [2.05, 4.69) is 46.9 Å². The molecule has 2 fully saturated rings. The summed E-state index contributed by atoms with van der Waals surface area (Å²) in [6.45, 7) is 10.0. The van der Waals surface area contributed by atoms with Crippen molar-refractivity contribution in [3.8, 4) is 11.8 Å². The SMILES string of the molecule is CN1CCN(C[C@H](O)COc2ccc(CN3CCC(C)(C#N)CC3)cc2)CC1. The normalized spacial score (nSPS) is 22.5. The Morgan fingerprint density at radius 3 is 2.32 bits per heavy atom. The van der Waals surface area contributed by atoms with Crippen LogP contribution in [0.15, 0.2) is 24.3 Å². The average Bonchev–Trinajstić information content (AvgIpc) is 2.71. The predicted octanol–water partition coefficient (Wildman–Crippen LogP) is 1.80. The largest absolute Gasteiger partial charge is 0.491 e. The van der Waals surface area contributed by atoms with Gasteiger partial charge in [0.1, 0.15) is 18.5 Å². The summed E-state index contributed by atoms with van der Waals surface area (Å²) in [5.74, 6) is 0.803. The van der Waals surface area contributed by atoms with Gasteiger partial charge in [-0.2, -0.15) is 5.26 Å². The molecule has 2 saturated heterocycles. The Morgan fingerprint density at radius 1 is 1.07 bits per heavy atom. The monoisotopic (exact) mass is 386 g/mol. The van der Waals surface area contributed by atoms with E-state index in [4.69, 9.17) is 4.74 Å². The maximum Gasteiger partial charge on any atom is 0.119 e. The Kier molecular flexibility index (Phi) is 7.30. The minimum Gasteiger partial charge on any atom is -0.491 e. The van der Waals surface area contributed by atoms with Gasteiger partial charge in [0.05, 0.1) is 11.5 Å². The lowest BCUT2D eigenvalue weighted by Gasteiger charge is -2.34. The maximum atomic E-state index is 10.3. The number of likely N-dealkylation sites (tertiary alicyclic amines) is 1. The number of aliphatic hydroxyl groups is 1. The highest BCUT2D eigenvalue weighted by atomic mass is 16.5. The second-order valence-corrected chi connectivity index (χ2v) is 8.66. The Balaban J connectivity index is 1.38. The van der Waals surface area contributed by atoms with Gasteiger partial charge in [-0.25, -0.2) is 0 Å². The van der Waals surface area contributed by atoms with Gasteiger partial charge in [0.25, 0.3) is 0 Å². The lowest BCUT2D eigenvalue weighted by Crippen LogP contribution is -2.47. The van der Waals surface area contributed by atoms with Crippen LogP contribution in [0.2, 0.25) is 0 Å². The quantitative estimate of drug-likeness (QED) is 0.771. The minimum atomic E-state index is -0.467. The van der Waals surface area contributed by atoms with Crippen LogP contribution >= 0.6 is 0 Å². The van der Waals surface area contributed by atoms with E-state index >= 15 is 0 Å². The lowest BCUT2D eigenvalue weighted by atomic mass is 9.82. The summed E-state index contributed by atoms with van der Waals surface area (Å²) < 4.78 is 5.78. The topological polar surface area (TPSA) is 63.0 Å². The zero-order chi connectivity index (χ0) is 20.0. The van der Waals surface area contributed by atoms with E-state index in [1.165, 1.54) is 5.56 Å². The van der Waals surface area contributed by atoms with E-state index in [9.17, 15) is 10.4 Å². The number of β-amino-alcohol motifs (C(OH)–C–C–N with tert-alkyl or cyclic N) is 1. The van der Waals surface area contributed by atoms with Crippen molar-refractivity contribution in [2.75, 3.05) is 59.5 Å². The van der Waals surface area contributed by atoms with Gasteiger partial charge >= 0.3 is 0 Å². The molecule has 3 rings (SSSR count). The summed E-state index contributed by atoms with van der Waals surface area (Å²) >= 11 is 0. The van der Waals surface area contributed by atoms with Crippen molar-refractivity contribution in [3.05, 3.63) is 29.8 Å². The van der Waals surface area contributed by atoms with E-state index in [1.807, 2.05) is 12.1 Å². The molecule has 2 aliphatic rings. The second-order valence-electron chi connectivity index (χ2n) is 8.66. The van der Waals surface area contributed by atoms with Crippen LogP contribution in [0.1, 0.15) is 25.3 Å². The molecule has 0 spiro atoms. The van der Waals surface area contributed by atoms with Crippen molar-refractivity contribution in [2.45, 2.75) is 32.4 Å². The number of nitriles is 1. The van der Waals surface area contributed by atoms with Crippen molar-refractivity contribution in [1.82, 2.24) is 14.7 Å². The summed E-state index contributed by atoms with van der Waals surface area (Å²) in [6, 6.07) is 10.6. The molecule has 0 aromatic heterocycles. The van der Waals surface area contributed by atoms with E-state index in [0.29, 0.717) is 13.2 Å². The Hall–Kier alpha value is -1.65. The zero-order valence-corrected chi connectivity index (χ0v) is 17.3. The Bertz CT molecular complexity index is 641. The first kappa shape index (κ1) is 21.1. The smallest absolute Gasteiger partial charge is 0.119 e. The van der Waals surface area contributed by atoms with Crippen molar-refractivity contribution in [2.24, 2.45) is 5.41 Å². The molecule has 1 atom stereocenters. The van der Waals surface area contributed by atoms with Crippen LogP contribution in [-0.2, 0) is 6.54 Å². The molecule has 1 aromatic rings. The molecular formula is C22H34N4O2. The highest BCUT2D eigenvalue weighted by molar-refractivity contribution is 5.27. The van der Waals surface area contributed by atoms with Gasteiger partial charge in [-0.1, -0.05) is 12.1 Å². The second kappa shape index (κ2) is 9.71. The van der Waals surface area contributed by atoms with Crippen LogP contribution in [0.3, 0.4) is 0 Å². The van der Waals surface area contributed by atoms with Crippen LogP contribution < -0.4 is 4.74 Å². The number of benzene rings is 1. The van der Waals surface area contributed by atoms with Crippen LogP contribution in [0.5, 0.6) is 5.75 Å². The van der Waals surface area contributed by atoms with Gasteiger partial charge in [-0.3, -0.25) is 9.80 Å². The number of ether oxygens (including phenoxy) is 1. The molecule has 0 saturated carbocycles. The van der Waals surface area contributed by atoms with Crippen molar-refractivity contribution >= 4 is 0 Å². The summed E-state index contributed by atoms with van der Waals surface area (Å²) in [5, 5.41) is 19.5. The fourth-order valence-electron chi connectivity index (χ4n) is 3.84. The number of hydrogen-bond donors (Lipinski definition) is 1. The van der Waals surface area contributed by atoms with Crippen molar-refractivity contribution in [1.29, 1.82) is 5.26 Å². The number of nitrogens with zero attached hydrogens (tertiary/aromatic N) is 4. The van der Waals surface area contributed by atoms with E-state index in [0.717, 1.165) is 64.4 Å². The van der Waals surface area contributed by atoms with Crippen LogP contribution in [-0.4, -0.2) is 85.4 Å². The number of aliphatic hydroxyl groups excluding tert-OH is 1. The number of piperidine rings is 1. The van der Waals surface area contributed by atoms with Crippen LogP contribution in [0.25, 0.3) is 0 Å². The molecule has 0 bridgehead atoms. The van der Waals surface area contributed by atoms with E-state index in [-0.39, 0.29) is 5.41 Å². The van der Waals surface area contributed by atoms with E-state index < -0.39 is 6.10 Å². The fourth-order valence-corrected chi connectivity index (χ4v) is 3.84. The number of hydrogen-bond acceptors (Lipinski definition) is 6. The van der Waals surface area contributed by atoms with Gasteiger partial charge in [-0.15, -0.1) is 0 Å². The first-order valence-electron chi connectivity index (χ1n) is 10.4. The lowest BCUT2D eigenvalue weighted by molar-refractivity contribution is 0.0504. The first-order chi connectivity index (χ1) is 13.5. The number of likely N-dealkylation sites (N-methyl/N-ethyl adjacent to an activating group) is 1. The van der Waals surface area contributed by atoms with Crippen LogP contribution in [0.4, 0.5) is 0 Å². The molecule has 28 heavy (non-hydrogen) atoms. The summed E-state index contributed by atoms with van der Waals surface area (Å²) in [5.41, 5.74) is 1.10. The highest BCUT2D eigenvalue weighted by Gasteiger charge is 2.29. The molecule has 0 amide bonds. The minimum absolute atomic E-state index is 0.154. The molecule has 0 unspecified atom stereocenters. The maximum absolute atomic E-state index is 10.3. The van der Waals surface area contributed by atoms with Crippen molar-refractivity contribution in [3.63, 3.8) is 0 Å². The fraction of sp³-hybridized carbons (Fsp3) is 0.682.